The number of benzene rings is 2. The summed E-state index contributed by atoms with van der Waals surface area (Å²) in [6, 6.07) is 16.6. The second kappa shape index (κ2) is 7.86. The maximum atomic E-state index is 12.8. The van der Waals surface area contributed by atoms with Gasteiger partial charge in [-0.3, -0.25) is 4.79 Å². The van der Waals surface area contributed by atoms with E-state index in [1.54, 1.807) is 12.1 Å². The van der Waals surface area contributed by atoms with Crippen molar-refractivity contribution in [2.45, 2.75) is 17.6 Å². The van der Waals surface area contributed by atoms with Crippen LogP contribution in [0, 0.1) is 0 Å². The summed E-state index contributed by atoms with van der Waals surface area (Å²) in [7, 11) is 0. The first-order valence-electron chi connectivity index (χ1n) is 7.89. The van der Waals surface area contributed by atoms with Crippen LogP contribution in [-0.2, 0) is 11.3 Å². The van der Waals surface area contributed by atoms with Gasteiger partial charge in [-0.1, -0.05) is 30.3 Å². The van der Waals surface area contributed by atoms with Crippen LogP contribution < -0.4 is 0 Å². The van der Waals surface area contributed by atoms with Gasteiger partial charge in [-0.2, -0.15) is 13.2 Å². The molecule has 0 saturated heterocycles. The summed E-state index contributed by atoms with van der Waals surface area (Å²) in [6.07, 6.45) is -3.09. The molecule has 3 aromatic rings. The van der Waals surface area contributed by atoms with Gasteiger partial charge in [0.1, 0.15) is 12.3 Å². The van der Waals surface area contributed by atoms with E-state index >= 15 is 0 Å². The largest absolute Gasteiger partial charge is 0.467 e. The third-order valence-corrected chi connectivity index (χ3v) is 4.71. The highest BCUT2D eigenvalue weighted by molar-refractivity contribution is 8.00. The van der Waals surface area contributed by atoms with E-state index < -0.39 is 18.6 Å². The second-order valence-corrected chi connectivity index (χ2v) is 6.79. The Kier molecular flexibility index (Phi) is 5.56. The minimum absolute atomic E-state index is 0.0743. The highest BCUT2D eigenvalue weighted by Gasteiger charge is 2.33. The van der Waals surface area contributed by atoms with Gasteiger partial charge in [0.2, 0.25) is 5.91 Å². The first kappa shape index (κ1) is 18.4. The van der Waals surface area contributed by atoms with E-state index in [1.165, 1.54) is 18.0 Å². The number of fused-ring (bicyclic) bond motifs is 1. The minimum atomic E-state index is -4.46. The van der Waals surface area contributed by atoms with Crippen LogP contribution in [0.4, 0.5) is 13.2 Å². The molecule has 0 fully saturated rings. The predicted octanol–water partition coefficient (Wildman–Crippen LogP) is 5.12. The quantitative estimate of drug-likeness (QED) is 0.558. The van der Waals surface area contributed by atoms with Crippen LogP contribution in [0.25, 0.3) is 10.8 Å². The maximum absolute atomic E-state index is 12.8. The Balaban J connectivity index is 1.67. The summed E-state index contributed by atoms with van der Waals surface area (Å²) in [5.74, 6) is -0.343. The third kappa shape index (κ3) is 5.05. The van der Waals surface area contributed by atoms with Crippen molar-refractivity contribution < 1.29 is 22.4 Å². The Hall–Kier alpha value is -2.41. The number of carbonyl (C=O) groups excluding carboxylic acids is 1. The molecule has 1 amide bonds. The summed E-state index contributed by atoms with van der Waals surface area (Å²) < 4.78 is 43.5. The monoisotopic (exact) mass is 379 g/mol. The zero-order chi connectivity index (χ0) is 18.6. The fourth-order valence-electron chi connectivity index (χ4n) is 2.53. The van der Waals surface area contributed by atoms with E-state index in [4.69, 9.17) is 4.42 Å². The molecular formula is C19H16F3NO2S. The molecule has 0 atom stereocenters. The Labute approximate surface area is 152 Å². The Morgan fingerprint density at radius 3 is 2.50 bits per heavy atom. The molecule has 136 valence electrons. The topological polar surface area (TPSA) is 33.5 Å². The van der Waals surface area contributed by atoms with Crippen LogP contribution >= 0.6 is 11.8 Å². The van der Waals surface area contributed by atoms with Gasteiger partial charge in [0.25, 0.3) is 0 Å². The van der Waals surface area contributed by atoms with Crippen molar-refractivity contribution in [3.63, 3.8) is 0 Å². The lowest BCUT2D eigenvalue weighted by Crippen LogP contribution is -2.39. The molecule has 7 heteroatoms. The average Bonchev–Trinajstić information content (AvgIpc) is 3.11. The van der Waals surface area contributed by atoms with Crippen molar-refractivity contribution >= 4 is 28.4 Å². The number of thioether (sulfide) groups is 1. The summed E-state index contributed by atoms with van der Waals surface area (Å²) >= 11 is 1.22. The number of hydrogen-bond acceptors (Lipinski definition) is 3. The number of rotatable bonds is 6. The lowest BCUT2D eigenvalue weighted by molar-refractivity contribution is -0.161. The van der Waals surface area contributed by atoms with Crippen LogP contribution in [-0.4, -0.2) is 29.3 Å². The summed E-state index contributed by atoms with van der Waals surface area (Å²) in [5, 5.41) is 2.09. The molecular weight excluding hydrogens is 363 g/mol. The van der Waals surface area contributed by atoms with Crippen molar-refractivity contribution in [2.75, 3.05) is 12.3 Å². The number of nitrogens with zero attached hydrogens (tertiary/aromatic N) is 1. The Bertz CT molecular complexity index is 878. The van der Waals surface area contributed by atoms with Crippen molar-refractivity contribution in [1.29, 1.82) is 0 Å². The van der Waals surface area contributed by atoms with Gasteiger partial charge < -0.3 is 9.32 Å². The highest BCUT2D eigenvalue weighted by atomic mass is 32.2. The number of carbonyl (C=O) groups is 1. The molecule has 3 rings (SSSR count). The second-order valence-electron chi connectivity index (χ2n) is 5.74. The van der Waals surface area contributed by atoms with Crippen molar-refractivity contribution in [1.82, 2.24) is 4.90 Å². The van der Waals surface area contributed by atoms with E-state index in [-0.39, 0.29) is 12.3 Å². The van der Waals surface area contributed by atoms with Gasteiger partial charge >= 0.3 is 6.18 Å². The summed E-state index contributed by atoms with van der Waals surface area (Å²) in [4.78, 5) is 14.0. The van der Waals surface area contributed by atoms with Gasteiger partial charge in [0.05, 0.1) is 18.6 Å². The molecule has 0 unspecified atom stereocenters. The van der Waals surface area contributed by atoms with Crippen molar-refractivity contribution in [3.8, 4) is 0 Å². The third-order valence-electron chi connectivity index (χ3n) is 3.73. The lowest BCUT2D eigenvalue weighted by Gasteiger charge is -2.23. The molecule has 0 saturated carbocycles. The van der Waals surface area contributed by atoms with Crippen LogP contribution in [0.2, 0.25) is 0 Å². The molecule has 0 radical (unpaired) electrons. The maximum Gasteiger partial charge on any atom is 0.406 e. The Morgan fingerprint density at radius 2 is 1.81 bits per heavy atom. The molecule has 1 aromatic heterocycles. The van der Waals surface area contributed by atoms with Gasteiger partial charge in [0, 0.05) is 4.90 Å². The zero-order valence-electron chi connectivity index (χ0n) is 13.7. The summed E-state index contributed by atoms with van der Waals surface area (Å²) in [5.41, 5.74) is 0. The number of alkyl halides is 3. The van der Waals surface area contributed by atoms with Crippen LogP contribution in [0.3, 0.4) is 0 Å². The van der Waals surface area contributed by atoms with E-state index in [1.807, 2.05) is 42.5 Å². The van der Waals surface area contributed by atoms with E-state index in [0.29, 0.717) is 5.76 Å². The average molecular weight is 379 g/mol. The molecule has 0 aliphatic carbocycles. The first-order valence-corrected chi connectivity index (χ1v) is 8.88. The number of furan rings is 1. The summed E-state index contributed by atoms with van der Waals surface area (Å²) in [6.45, 7) is -1.51. The molecule has 0 spiro atoms. The fourth-order valence-corrected chi connectivity index (χ4v) is 3.38. The standard InChI is InChI=1S/C19H16F3NO2S/c20-19(21,22)13-23(11-16-6-3-9-25-16)18(24)12-26-17-8-7-14-4-1-2-5-15(14)10-17/h1-10H,11-13H2. The van der Waals surface area contributed by atoms with Crippen molar-refractivity contribution in [2.24, 2.45) is 0 Å². The SMILES string of the molecule is O=C(CSc1ccc2ccccc2c1)N(Cc1ccco1)CC(F)(F)F. The zero-order valence-corrected chi connectivity index (χ0v) is 14.5. The molecule has 0 aliphatic heterocycles. The van der Waals surface area contributed by atoms with Crippen LogP contribution in [0.1, 0.15) is 5.76 Å². The molecule has 0 aliphatic rings. The first-order chi connectivity index (χ1) is 12.4. The highest BCUT2D eigenvalue weighted by Crippen LogP contribution is 2.25. The Morgan fingerprint density at radius 1 is 1.04 bits per heavy atom. The van der Waals surface area contributed by atoms with E-state index in [9.17, 15) is 18.0 Å². The van der Waals surface area contributed by atoms with Gasteiger partial charge in [-0.05, 0) is 35.0 Å². The fraction of sp³-hybridized carbons (Fsp3) is 0.211. The van der Waals surface area contributed by atoms with E-state index in [2.05, 4.69) is 0 Å². The predicted molar refractivity (Wildman–Crippen MR) is 94.9 cm³/mol. The van der Waals surface area contributed by atoms with Gasteiger partial charge in [0.15, 0.2) is 0 Å². The molecule has 3 nitrogen and oxygen atoms in total. The van der Waals surface area contributed by atoms with Gasteiger partial charge in [-0.25, -0.2) is 0 Å². The number of hydrogen-bond donors (Lipinski definition) is 0. The minimum Gasteiger partial charge on any atom is -0.467 e. The molecule has 26 heavy (non-hydrogen) atoms. The molecule has 1 heterocycles. The van der Waals surface area contributed by atoms with Crippen molar-refractivity contribution in [3.05, 3.63) is 66.6 Å². The normalized spacial score (nSPS) is 11.7. The molecule has 2 aromatic carbocycles. The van der Waals surface area contributed by atoms with Crippen LogP contribution in [0.5, 0.6) is 0 Å². The molecule has 0 bridgehead atoms. The smallest absolute Gasteiger partial charge is 0.406 e. The molecule has 0 N–H and O–H groups in total. The number of halogens is 3. The lowest BCUT2D eigenvalue weighted by atomic mass is 10.1. The van der Waals surface area contributed by atoms with Gasteiger partial charge in [-0.15, -0.1) is 11.8 Å². The number of amides is 1. The van der Waals surface area contributed by atoms with Crippen LogP contribution in [0.15, 0.2) is 70.2 Å². The van der Waals surface area contributed by atoms with E-state index in [0.717, 1.165) is 20.6 Å².